The van der Waals surface area contributed by atoms with Crippen LogP contribution in [0.5, 0.6) is 11.5 Å². The largest absolute Gasteiger partial charge is 0.507 e. The van der Waals surface area contributed by atoms with Crippen LogP contribution in [-0.4, -0.2) is 21.8 Å². The molecule has 1 aliphatic rings. The number of nitrogens with two attached hydrogens (primary N) is 2. The van der Waals surface area contributed by atoms with E-state index in [1.807, 2.05) is 0 Å². The van der Waals surface area contributed by atoms with Crippen LogP contribution in [-0.2, 0) is 0 Å². The van der Waals surface area contributed by atoms with Crippen LogP contribution in [0.2, 0.25) is 0 Å². The Morgan fingerprint density at radius 3 is 2.10 bits per heavy atom. The summed E-state index contributed by atoms with van der Waals surface area (Å²) in [6, 6.07) is 3.73. The van der Waals surface area contributed by atoms with E-state index in [2.05, 4.69) is 12.6 Å². The van der Waals surface area contributed by atoms with E-state index in [0.29, 0.717) is 0 Å². The summed E-state index contributed by atoms with van der Waals surface area (Å²) in [5.41, 5.74) is 10.8. The SMILES string of the molecule is Nc1ccc(O)c2c1C(=O)c1c(O)cc(S)c(N)c1C2=O. The maximum Gasteiger partial charge on any atom is 0.200 e. The predicted molar refractivity (Wildman–Crippen MR) is 79.2 cm³/mol. The summed E-state index contributed by atoms with van der Waals surface area (Å²) in [5.74, 6) is -2.11. The Morgan fingerprint density at radius 1 is 0.857 bits per heavy atom. The van der Waals surface area contributed by atoms with Gasteiger partial charge in [-0.2, -0.15) is 0 Å². The Kier molecular flexibility index (Phi) is 2.64. The zero-order chi connectivity index (χ0) is 15.5. The van der Waals surface area contributed by atoms with Gasteiger partial charge in [0.2, 0.25) is 11.6 Å². The molecule has 1 aliphatic carbocycles. The van der Waals surface area contributed by atoms with Gasteiger partial charge in [0.05, 0.1) is 27.9 Å². The number of ketones is 2. The lowest BCUT2D eigenvalue weighted by atomic mass is 9.81. The maximum absolute atomic E-state index is 12.6. The van der Waals surface area contributed by atoms with Crippen LogP contribution in [0.1, 0.15) is 31.8 Å². The van der Waals surface area contributed by atoms with Crippen molar-refractivity contribution in [3.8, 4) is 11.5 Å². The van der Waals surface area contributed by atoms with E-state index >= 15 is 0 Å². The number of hydrogen-bond donors (Lipinski definition) is 5. The normalized spacial score (nSPS) is 13.0. The van der Waals surface area contributed by atoms with E-state index in [1.165, 1.54) is 18.2 Å². The van der Waals surface area contributed by atoms with Gasteiger partial charge in [0.15, 0.2) is 0 Å². The van der Waals surface area contributed by atoms with Crippen molar-refractivity contribution in [2.24, 2.45) is 0 Å². The summed E-state index contributed by atoms with van der Waals surface area (Å²) in [6.07, 6.45) is 0. The average molecular weight is 302 g/mol. The van der Waals surface area contributed by atoms with E-state index in [0.717, 1.165) is 0 Å². The number of phenolic OH excluding ortho intramolecular Hbond substituents is 2. The Bertz CT molecular complexity index is 846. The second-order valence-corrected chi connectivity index (χ2v) is 5.14. The molecule has 6 nitrogen and oxygen atoms in total. The molecule has 3 rings (SSSR count). The molecule has 0 saturated heterocycles. The summed E-state index contributed by atoms with van der Waals surface area (Å²) in [5, 5.41) is 19.8. The summed E-state index contributed by atoms with van der Waals surface area (Å²) < 4.78 is 0. The first-order chi connectivity index (χ1) is 9.84. The number of fused-ring (bicyclic) bond motifs is 2. The molecule has 21 heavy (non-hydrogen) atoms. The number of benzene rings is 2. The van der Waals surface area contributed by atoms with Crippen LogP contribution in [0, 0.1) is 0 Å². The highest BCUT2D eigenvalue weighted by Crippen LogP contribution is 2.42. The average Bonchev–Trinajstić information content (AvgIpc) is 2.42. The predicted octanol–water partition coefficient (Wildman–Crippen LogP) is 1.33. The summed E-state index contributed by atoms with van der Waals surface area (Å²) >= 11 is 4.05. The van der Waals surface area contributed by atoms with Gasteiger partial charge < -0.3 is 21.7 Å². The Labute approximate surface area is 124 Å². The smallest absolute Gasteiger partial charge is 0.200 e. The lowest BCUT2D eigenvalue weighted by Gasteiger charge is -2.22. The zero-order valence-corrected chi connectivity index (χ0v) is 11.4. The van der Waals surface area contributed by atoms with E-state index < -0.39 is 17.3 Å². The van der Waals surface area contributed by atoms with E-state index in [-0.39, 0.29) is 44.3 Å². The molecule has 2 aromatic carbocycles. The lowest BCUT2D eigenvalue weighted by Crippen LogP contribution is -2.24. The number of carbonyl (C=O) groups excluding carboxylic acids is 2. The molecule has 0 heterocycles. The number of anilines is 2. The van der Waals surface area contributed by atoms with Crippen LogP contribution in [0.4, 0.5) is 11.4 Å². The molecule has 6 N–H and O–H groups in total. The minimum atomic E-state index is -0.673. The van der Waals surface area contributed by atoms with Crippen LogP contribution in [0.3, 0.4) is 0 Å². The van der Waals surface area contributed by atoms with Gasteiger partial charge in [0.25, 0.3) is 0 Å². The van der Waals surface area contributed by atoms with Gasteiger partial charge in [0.1, 0.15) is 11.5 Å². The molecule has 0 bridgehead atoms. The number of carbonyl (C=O) groups is 2. The minimum absolute atomic E-state index is 0.0306. The van der Waals surface area contributed by atoms with Crippen molar-refractivity contribution in [2.75, 3.05) is 11.5 Å². The topological polar surface area (TPSA) is 127 Å². The molecule has 0 spiro atoms. The molecule has 0 fully saturated rings. The van der Waals surface area contributed by atoms with Crippen molar-refractivity contribution >= 4 is 35.6 Å². The molecule has 0 aliphatic heterocycles. The van der Waals surface area contributed by atoms with Gasteiger partial charge in [-0.1, -0.05) is 0 Å². The van der Waals surface area contributed by atoms with Gasteiger partial charge >= 0.3 is 0 Å². The van der Waals surface area contributed by atoms with Crippen LogP contribution < -0.4 is 11.5 Å². The highest BCUT2D eigenvalue weighted by atomic mass is 32.1. The van der Waals surface area contributed by atoms with Gasteiger partial charge in [-0.05, 0) is 18.2 Å². The van der Waals surface area contributed by atoms with Gasteiger partial charge in [-0.25, -0.2) is 0 Å². The van der Waals surface area contributed by atoms with Crippen LogP contribution >= 0.6 is 12.6 Å². The summed E-state index contributed by atoms with van der Waals surface area (Å²) in [7, 11) is 0. The van der Waals surface area contributed by atoms with Gasteiger partial charge in [-0.15, -0.1) is 12.6 Å². The standard InChI is InChI=1S/C14H10N2O4S/c15-4-1-2-5(17)9-8(4)13(19)10-6(18)3-7(21)12(16)11(10)14(9)20/h1-3,17-18,21H,15-16H2. The number of aromatic hydroxyl groups is 2. The third-order valence-corrected chi connectivity index (χ3v) is 3.82. The van der Waals surface area contributed by atoms with Crippen molar-refractivity contribution in [3.63, 3.8) is 0 Å². The number of thiol groups is 1. The van der Waals surface area contributed by atoms with E-state index in [4.69, 9.17) is 11.5 Å². The Balaban J connectivity index is 2.47. The van der Waals surface area contributed by atoms with Crippen molar-refractivity contribution in [3.05, 3.63) is 40.5 Å². The van der Waals surface area contributed by atoms with Crippen molar-refractivity contribution in [1.82, 2.24) is 0 Å². The van der Waals surface area contributed by atoms with E-state index in [1.54, 1.807) is 0 Å². The third kappa shape index (κ3) is 1.61. The second kappa shape index (κ2) is 4.16. The van der Waals surface area contributed by atoms with Crippen LogP contribution in [0.25, 0.3) is 0 Å². The fourth-order valence-electron chi connectivity index (χ4n) is 2.47. The fourth-order valence-corrected chi connectivity index (χ4v) is 2.70. The molecule has 0 radical (unpaired) electrons. The number of rotatable bonds is 0. The summed E-state index contributed by atoms with van der Waals surface area (Å²) in [6.45, 7) is 0. The van der Waals surface area contributed by atoms with Crippen molar-refractivity contribution in [1.29, 1.82) is 0 Å². The molecule has 0 saturated carbocycles. The van der Waals surface area contributed by atoms with E-state index in [9.17, 15) is 19.8 Å². The Hall–Kier alpha value is -2.67. The monoisotopic (exact) mass is 302 g/mol. The molecule has 0 aromatic heterocycles. The molecular formula is C14H10N2O4S. The summed E-state index contributed by atoms with van der Waals surface area (Å²) in [4.78, 5) is 25.3. The van der Waals surface area contributed by atoms with Crippen LogP contribution in [0.15, 0.2) is 23.1 Å². The zero-order valence-electron chi connectivity index (χ0n) is 10.5. The van der Waals surface area contributed by atoms with Gasteiger partial charge in [0, 0.05) is 10.6 Å². The fraction of sp³-hybridized carbons (Fsp3) is 0. The highest BCUT2D eigenvalue weighted by molar-refractivity contribution is 7.80. The third-order valence-electron chi connectivity index (χ3n) is 3.45. The molecule has 2 aromatic rings. The molecule has 7 heteroatoms. The molecule has 0 unspecified atom stereocenters. The highest BCUT2D eigenvalue weighted by Gasteiger charge is 2.37. The van der Waals surface area contributed by atoms with Gasteiger partial charge in [-0.3, -0.25) is 9.59 Å². The Morgan fingerprint density at radius 2 is 1.43 bits per heavy atom. The molecular weight excluding hydrogens is 292 g/mol. The minimum Gasteiger partial charge on any atom is -0.507 e. The first-order valence-corrected chi connectivity index (χ1v) is 6.34. The number of phenols is 2. The first-order valence-electron chi connectivity index (χ1n) is 5.89. The second-order valence-electron chi connectivity index (χ2n) is 4.66. The van der Waals surface area contributed by atoms with Crippen molar-refractivity contribution < 1.29 is 19.8 Å². The van der Waals surface area contributed by atoms with Crippen molar-refractivity contribution in [2.45, 2.75) is 4.90 Å². The quantitative estimate of drug-likeness (QED) is 0.242. The number of nitrogen functional groups attached to an aromatic ring is 2. The number of hydrogen-bond acceptors (Lipinski definition) is 7. The molecule has 106 valence electrons. The first kappa shape index (κ1) is 13.3. The molecule has 0 amide bonds. The lowest BCUT2D eigenvalue weighted by molar-refractivity contribution is 0.0975. The maximum atomic E-state index is 12.6. The molecule has 0 atom stereocenters.